The maximum absolute atomic E-state index is 12.2. The second kappa shape index (κ2) is 8.87. The zero-order valence-corrected chi connectivity index (χ0v) is 14.6. The lowest BCUT2D eigenvalue weighted by atomic mass is 9.97. The number of carbonyl (C=O) groups excluding carboxylic acids is 1. The van der Waals surface area contributed by atoms with Gasteiger partial charge in [0.1, 0.15) is 0 Å². The molecule has 23 heavy (non-hydrogen) atoms. The zero-order valence-electron chi connectivity index (χ0n) is 14.6. The van der Waals surface area contributed by atoms with Crippen LogP contribution in [-0.4, -0.2) is 34.3 Å². The molecule has 0 radical (unpaired) electrons. The molecule has 0 saturated carbocycles. The lowest BCUT2D eigenvalue weighted by molar-refractivity contribution is -0.122. The molecule has 0 unspecified atom stereocenters. The first-order valence-electron chi connectivity index (χ1n) is 8.78. The van der Waals surface area contributed by atoms with Crippen LogP contribution in [0.2, 0.25) is 0 Å². The van der Waals surface area contributed by atoms with Crippen LogP contribution in [0.4, 0.5) is 0 Å². The van der Waals surface area contributed by atoms with E-state index in [2.05, 4.69) is 35.7 Å². The van der Waals surface area contributed by atoms with Crippen molar-refractivity contribution in [3.63, 3.8) is 0 Å². The third-order valence-electron chi connectivity index (χ3n) is 4.70. The lowest BCUT2D eigenvalue weighted by Crippen LogP contribution is -2.48. The molecule has 1 aromatic heterocycles. The fourth-order valence-electron chi connectivity index (χ4n) is 2.99. The minimum atomic E-state index is -0.205. The van der Waals surface area contributed by atoms with Crippen molar-refractivity contribution in [2.75, 3.05) is 6.54 Å². The molecule has 0 aromatic carbocycles. The summed E-state index contributed by atoms with van der Waals surface area (Å²) in [4.78, 5) is 12.2. The van der Waals surface area contributed by atoms with Crippen LogP contribution in [0.5, 0.6) is 0 Å². The predicted molar refractivity (Wildman–Crippen MR) is 93.2 cm³/mol. The molecule has 5 nitrogen and oxygen atoms in total. The molecule has 1 aliphatic carbocycles. The number of hydrogen-bond acceptors (Lipinski definition) is 3. The number of rotatable bonds is 8. The molecule has 2 rings (SSSR count). The third-order valence-corrected chi connectivity index (χ3v) is 4.70. The molecule has 0 saturated heterocycles. The van der Waals surface area contributed by atoms with Gasteiger partial charge in [-0.05, 0) is 58.9 Å². The standard InChI is InChI=1S/C18H30N4O/c1-14(16(3)22-13-7-11-20-22)21-15(2)18(23)19-12-10-17-8-5-4-6-9-17/h7-8,11,13-16,21H,4-6,9-10,12H2,1-3H3,(H,19,23)/t14-,15+,16+/m1/s1. The van der Waals surface area contributed by atoms with Gasteiger partial charge in [0, 0.05) is 25.0 Å². The van der Waals surface area contributed by atoms with Crippen LogP contribution in [0.25, 0.3) is 0 Å². The number of aromatic nitrogens is 2. The summed E-state index contributed by atoms with van der Waals surface area (Å²) < 4.78 is 1.91. The third kappa shape index (κ3) is 5.50. The number of allylic oxidation sites excluding steroid dienone is 1. The first-order valence-corrected chi connectivity index (χ1v) is 8.78. The Morgan fingerprint density at radius 3 is 2.83 bits per heavy atom. The van der Waals surface area contributed by atoms with Crippen molar-refractivity contribution in [3.8, 4) is 0 Å². The van der Waals surface area contributed by atoms with Gasteiger partial charge in [0.15, 0.2) is 0 Å². The Balaban J connectivity index is 1.70. The van der Waals surface area contributed by atoms with E-state index >= 15 is 0 Å². The van der Waals surface area contributed by atoms with Crippen LogP contribution >= 0.6 is 0 Å². The van der Waals surface area contributed by atoms with Crippen LogP contribution in [0.3, 0.4) is 0 Å². The molecule has 0 spiro atoms. The Bertz CT molecular complexity index is 509. The van der Waals surface area contributed by atoms with Crippen LogP contribution in [0.1, 0.15) is 58.9 Å². The van der Waals surface area contributed by atoms with Crippen molar-refractivity contribution in [1.82, 2.24) is 20.4 Å². The summed E-state index contributed by atoms with van der Waals surface area (Å²) in [5.74, 6) is 0.0703. The normalized spacial score (nSPS) is 18.8. The zero-order chi connectivity index (χ0) is 16.7. The minimum absolute atomic E-state index is 0.0703. The average Bonchev–Trinajstić information content (AvgIpc) is 3.09. The largest absolute Gasteiger partial charge is 0.354 e. The molecule has 3 atom stereocenters. The van der Waals surface area contributed by atoms with E-state index < -0.39 is 0 Å². The van der Waals surface area contributed by atoms with Gasteiger partial charge >= 0.3 is 0 Å². The van der Waals surface area contributed by atoms with Gasteiger partial charge < -0.3 is 10.6 Å². The van der Waals surface area contributed by atoms with Gasteiger partial charge in [0.05, 0.1) is 12.1 Å². The van der Waals surface area contributed by atoms with E-state index in [4.69, 9.17) is 0 Å². The Labute approximate surface area is 139 Å². The van der Waals surface area contributed by atoms with Crippen molar-refractivity contribution >= 4 is 5.91 Å². The van der Waals surface area contributed by atoms with Crippen molar-refractivity contribution in [1.29, 1.82) is 0 Å². The Morgan fingerprint density at radius 2 is 2.17 bits per heavy atom. The summed E-state index contributed by atoms with van der Waals surface area (Å²) in [6.07, 6.45) is 12.0. The van der Waals surface area contributed by atoms with E-state index in [-0.39, 0.29) is 24.0 Å². The van der Waals surface area contributed by atoms with Gasteiger partial charge in [0.25, 0.3) is 0 Å². The Morgan fingerprint density at radius 1 is 1.35 bits per heavy atom. The highest BCUT2D eigenvalue weighted by atomic mass is 16.2. The maximum atomic E-state index is 12.2. The summed E-state index contributed by atoms with van der Waals surface area (Å²) in [7, 11) is 0. The number of carbonyl (C=O) groups is 1. The van der Waals surface area contributed by atoms with Crippen LogP contribution in [0.15, 0.2) is 30.1 Å². The fourth-order valence-corrected chi connectivity index (χ4v) is 2.99. The minimum Gasteiger partial charge on any atom is -0.354 e. The van der Waals surface area contributed by atoms with E-state index in [1.807, 2.05) is 23.9 Å². The van der Waals surface area contributed by atoms with E-state index in [0.29, 0.717) is 0 Å². The van der Waals surface area contributed by atoms with E-state index in [1.165, 1.54) is 31.3 Å². The Kier molecular flexibility index (Phi) is 6.84. The topological polar surface area (TPSA) is 59.0 Å². The van der Waals surface area contributed by atoms with Gasteiger partial charge in [-0.1, -0.05) is 11.6 Å². The van der Waals surface area contributed by atoms with E-state index in [0.717, 1.165) is 13.0 Å². The van der Waals surface area contributed by atoms with Crippen LogP contribution in [-0.2, 0) is 4.79 Å². The van der Waals surface area contributed by atoms with Crippen molar-refractivity contribution in [3.05, 3.63) is 30.1 Å². The number of nitrogens with zero attached hydrogens (tertiary/aromatic N) is 2. The molecular weight excluding hydrogens is 288 g/mol. The second-order valence-electron chi connectivity index (χ2n) is 6.55. The SMILES string of the molecule is C[C@H](N[C@H](C)[C@H](C)n1cccn1)C(=O)NCCC1=CCCCC1. The highest BCUT2D eigenvalue weighted by molar-refractivity contribution is 5.81. The van der Waals surface area contributed by atoms with Crippen molar-refractivity contribution in [2.45, 2.75) is 71.0 Å². The van der Waals surface area contributed by atoms with Gasteiger partial charge in [0.2, 0.25) is 5.91 Å². The van der Waals surface area contributed by atoms with Gasteiger partial charge in [-0.15, -0.1) is 0 Å². The summed E-state index contributed by atoms with van der Waals surface area (Å²) in [5, 5.41) is 10.7. The molecule has 2 N–H and O–H groups in total. The fraction of sp³-hybridized carbons (Fsp3) is 0.667. The second-order valence-corrected chi connectivity index (χ2v) is 6.55. The molecule has 0 fully saturated rings. The first-order chi connectivity index (χ1) is 11.1. The molecule has 5 heteroatoms. The molecule has 0 aliphatic heterocycles. The molecule has 1 amide bonds. The van der Waals surface area contributed by atoms with E-state index in [1.54, 1.807) is 6.20 Å². The summed E-state index contributed by atoms with van der Waals surface area (Å²) in [6, 6.07) is 2.08. The molecule has 1 aliphatic rings. The summed E-state index contributed by atoms with van der Waals surface area (Å²) >= 11 is 0. The van der Waals surface area contributed by atoms with Gasteiger partial charge in [-0.25, -0.2) is 0 Å². The monoisotopic (exact) mass is 318 g/mol. The van der Waals surface area contributed by atoms with Gasteiger partial charge in [-0.2, -0.15) is 5.10 Å². The number of nitrogens with one attached hydrogen (secondary N) is 2. The molecule has 128 valence electrons. The number of hydrogen-bond donors (Lipinski definition) is 2. The van der Waals surface area contributed by atoms with Crippen LogP contribution < -0.4 is 10.6 Å². The van der Waals surface area contributed by atoms with Crippen molar-refractivity contribution < 1.29 is 4.79 Å². The first kappa shape index (κ1) is 17.7. The predicted octanol–water partition coefficient (Wildman–Crippen LogP) is 2.82. The molecular formula is C18H30N4O. The van der Waals surface area contributed by atoms with Crippen molar-refractivity contribution in [2.24, 2.45) is 0 Å². The lowest BCUT2D eigenvalue weighted by Gasteiger charge is -2.25. The number of amides is 1. The smallest absolute Gasteiger partial charge is 0.236 e. The quantitative estimate of drug-likeness (QED) is 0.725. The average molecular weight is 318 g/mol. The van der Waals surface area contributed by atoms with Crippen LogP contribution in [0, 0.1) is 0 Å². The molecule has 1 aromatic rings. The molecule has 0 bridgehead atoms. The summed E-state index contributed by atoms with van der Waals surface area (Å²) in [5.41, 5.74) is 1.50. The van der Waals surface area contributed by atoms with Gasteiger partial charge in [-0.3, -0.25) is 9.48 Å². The summed E-state index contributed by atoms with van der Waals surface area (Å²) in [6.45, 7) is 6.84. The Hall–Kier alpha value is -1.62. The maximum Gasteiger partial charge on any atom is 0.236 e. The highest BCUT2D eigenvalue weighted by Gasteiger charge is 2.20. The molecule has 1 heterocycles. The highest BCUT2D eigenvalue weighted by Crippen LogP contribution is 2.19. The van der Waals surface area contributed by atoms with E-state index in [9.17, 15) is 4.79 Å².